The van der Waals surface area contributed by atoms with Crippen molar-refractivity contribution in [3.8, 4) is 17.0 Å². The van der Waals surface area contributed by atoms with Gasteiger partial charge in [0, 0.05) is 12.0 Å². The highest BCUT2D eigenvalue weighted by Gasteiger charge is 2.21. The Morgan fingerprint density at radius 3 is 2.96 bits per heavy atom. The molecule has 1 fully saturated rings. The van der Waals surface area contributed by atoms with E-state index in [1.54, 1.807) is 12.3 Å². The Labute approximate surface area is 151 Å². The molecule has 2 N–H and O–H groups in total. The molecular formula is C19H22N4O3. The van der Waals surface area contributed by atoms with Crippen LogP contribution in [0.4, 0.5) is 0 Å². The zero-order valence-electron chi connectivity index (χ0n) is 14.5. The average molecular weight is 354 g/mol. The highest BCUT2D eigenvalue weighted by molar-refractivity contribution is 5.91. The minimum Gasteiger partial charge on any atom is -0.493 e. The molecule has 0 aliphatic carbocycles. The van der Waals surface area contributed by atoms with Crippen LogP contribution in [0.2, 0.25) is 0 Å². The summed E-state index contributed by atoms with van der Waals surface area (Å²) in [7, 11) is 0. The van der Waals surface area contributed by atoms with Gasteiger partial charge in [-0.15, -0.1) is 0 Å². The van der Waals surface area contributed by atoms with Gasteiger partial charge in [0.1, 0.15) is 0 Å². The lowest BCUT2D eigenvalue weighted by atomic mass is 10.1. The summed E-state index contributed by atoms with van der Waals surface area (Å²) in [4.78, 5) is 0. The summed E-state index contributed by atoms with van der Waals surface area (Å²) in [6, 6.07) is 5.92. The van der Waals surface area contributed by atoms with Crippen LogP contribution in [0.5, 0.6) is 5.88 Å². The van der Waals surface area contributed by atoms with Crippen LogP contribution in [0.15, 0.2) is 31.0 Å². The largest absolute Gasteiger partial charge is 0.493 e. The number of aliphatic hydroxyl groups excluding tert-OH is 1. The van der Waals surface area contributed by atoms with E-state index in [9.17, 15) is 5.11 Å². The average Bonchev–Trinajstić information content (AvgIpc) is 3.23. The first-order valence-electron chi connectivity index (χ1n) is 8.85. The molecule has 1 unspecified atom stereocenters. The molecule has 1 aliphatic rings. The fourth-order valence-electron chi connectivity index (χ4n) is 3.46. The molecule has 0 radical (unpaired) electrons. The molecule has 4 rings (SSSR count). The summed E-state index contributed by atoms with van der Waals surface area (Å²) in [5, 5.41) is 29.2. The molecular weight excluding hydrogens is 332 g/mol. The van der Waals surface area contributed by atoms with Gasteiger partial charge in [-0.2, -0.15) is 10.2 Å². The van der Waals surface area contributed by atoms with Gasteiger partial charge >= 0.3 is 0 Å². The normalized spacial score (nSPS) is 17.7. The lowest BCUT2D eigenvalue weighted by Crippen LogP contribution is -2.19. The second-order valence-corrected chi connectivity index (χ2v) is 6.42. The molecule has 0 amide bonds. The topological polar surface area (TPSA) is 85.3 Å². The van der Waals surface area contributed by atoms with Crippen LogP contribution >= 0.6 is 0 Å². The predicted molar refractivity (Wildman–Crippen MR) is 98.6 cm³/mol. The van der Waals surface area contributed by atoms with Crippen LogP contribution in [-0.2, 0) is 11.3 Å². The second-order valence-electron chi connectivity index (χ2n) is 6.42. The highest BCUT2D eigenvalue weighted by atomic mass is 16.5. The predicted octanol–water partition coefficient (Wildman–Crippen LogP) is 2.94. The smallest absolute Gasteiger partial charge is 0.217 e. The zero-order chi connectivity index (χ0) is 18.1. The van der Waals surface area contributed by atoms with Gasteiger partial charge in [0.05, 0.1) is 36.1 Å². The Morgan fingerprint density at radius 2 is 2.23 bits per heavy atom. The van der Waals surface area contributed by atoms with Crippen molar-refractivity contribution in [1.82, 2.24) is 19.6 Å². The molecule has 2 aromatic heterocycles. The molecule has 3 aromatic rings. The first-order valence-corrected chi connectivity index (χ1v) is 8.85. The Bertz CT molecular complexity index is 938. The van der Waals surface area contributed by atoms with Crippen LogP contribution in [0, 0.1) is 0 Å². The van der Waals surface area contributed by atoms with Gasteiger partial charge in [-0.05, 0) is 43.0 Å². The van der Waals surface area contributed by atoms with Crippen molar-refractivity contribution in [2.24, 2.45) is 0 Å². The molecule has 136 valence electrons. The third-order valence-electron chi connectivity index (χ3n) is 4.79. The summed E-state index contributed by atoms with van der Waals surface area (Å²) < 4.78 is 9.20. The number of aliphatic hydroxyl groups is 1. The van der Waals surface area contributed by atoms with Crippen molar-refractivity contribution in [3.63, 3.8) is 0 Å². The number of aromatic hydroxyl groups is 1. The van der Waals surface area contributed by atoms with Crippen molar-refractivity contribution in [2.75, 3.05) is 13.2 Å². The first kappa shape index (κ1) is 16.8. The molecule has 7 heteroatoms. The number of hydrogen-bond donors (Lipinski definition) is 2. The van der Waals surface area contributed by atoms with E-state index in [0.717, 1.165) is 48.0 Å². The molecule has 0 bridgehead atoms. The monoisotopic (exact) mass is 354 g/mol. The van der Waals surface area contributed by atoms with E-state index < -0.39 is 0 Å². The van der Waals surface area contributed by atoms with Crippen molar-refractivity contribution in [2.45, 2.75) is 32.0 Å². The van der Waals surface area contributed by atoms with E-state index in [0.29, 0.717) is 5.56 Å². The molecule has 3 heterocycles. The third kappa shape index (κ3) is 2.79. The van der Waals surface area contributed by atoms with Crippen LogP contribution in [0.1, 0.15) is 31.2 Å². The molecule has 1 aromatic carbocycles. The maximum absolute atomic E-state index is 10.3. The number of hydrogen-bond acceptors (Lipinski definition) is 5. The maximum atomic E-state index is 10.3. The highest BCUT2D eigenvalue weighted by Crippen LogP contribution is 2.34. The van der Waals surface area contributed by atoms with Crippen molar-refractivity contribution in [1.29, 1.82) is 0 Å². The molecule has 0 saturated carbocycles. The summed E-state index contributed by atoms with van der Waals surface area (Å²) in [6.45, 7) is 4.81. The molecule has 7 nitrogen and oxygen atoms in total. The van der Waals surface area contributed by atoms with Crippen LogP contribution in [-0.4, -0.2) is 43.0 Å². The molecule has 1 aliphatic heterocycles. The van der Waals surface area contributed by atoms with Gasteiger partial charge in [0.15, 0.2) is 6.23 Å². The standard InChI is InChI=1S/C19H22N4O3/c1-2-16-14-11-13(15-12-20-22(8-9-24)19(15)25)6-7-17(14)23(21-16)18-5-3-4-10-26-18/h2,6-7,11-12,18,24-25H,1,3-5,8-10H2. The lowest BCUT2D eigenvalue weighted by Gasteiger charge is -2.23. The van der Waals surface area contributed by atoms with E-state index in [2.05, 4.69) is 16.8 Å². The van der Waals surface area contributed by atoms with E-state index in [4.69, 9.17) is 9.84 Å². The number of fused-ring (bicyclic) bond motifs is 1. The van der Waals surface area contributed by atoms with E-state index >= 15 is 0 Å². The first-order chi connectivity index (χ1) is 12.7. The number of ether oxygens (including phenoxy) is 1. The minimum absolute atomic E-state index is 0.0431. The molecule has 1 atom stereocenters. The number of rotatable bonds is 5. The Kier molecular flexibility index (Phi) is 4.48. The van der Waals surface area contributed by atoms with E-state index in [1.165, 1.54) is 4.68 Å². The summed E-state index contributed by atoms with van der Waals surface area (Å²) in [5.41, 5.74) is 3.24. The lowest BCUT2D eigenvalue weighted by molar-refractivity contribution is -0.0367. The van der Waals surface area contributed by atoms with Crippen LogP contribution in [0.3, 0.4) is 0 Å². The minimum atomic E-state index is -0.0809. The van der Waals surface area contributed by atoms with Crippen LogP contribution < -0.4 is 0 Å². The fourth-order valence-corrected chi connectivity index (χ4v) is 3.46. The van der Waals surface area contributed by atoms with Crippen molar-refractivity contribution in [3.05, 3.63) is 36.7 Å². The van der Waals surface area contributed by atoms with E-state index in [1.807, 2.05) is 22.9 Å². The number of aromatic nitrogens is 4. The quantitative estimate of drug-likeness (QED) is 0.736. The third-order valence-corrected chi connectivity index (χ3v) is 4.79. The van der Waals surface area contributed by atoms with Gasteiger partial charge in [0.2, 0.25) is 5.88 Å². The fraction of sp³-hybridized carbons (Fsp3) is 0.368. The summed E-state index contributed by atoms with van der Waals surface area (Å²) >= 11 is 0. The van der Waals surface area contributed by atoms with Gasteiger partial charge in [-0.25, -0.2) is 9.36 Å². The molecule has 26 heavy (non-hydrogen) atoms. The van der Waals surface area contributed by atoms with Gasteiger partial charge in [-0.3, -0.25) is 0 Å². The zero-order valence-corrected chi connectivity index (χ0v) is 14.5. The van der Waals surface area contributed by atoms with Crippen molar-refractivity contribution >= 4 is 17.0 Å². The Morgan fingerprint density at radius 1 is 1.35 bits per heavy atom. The second kappa shape index (κ2) is 6.93. The Hall–Kier alpha value is -2.64. The number of benzene rings is 1. The van der Waals surface area contributed by atoms with Gasteiger partial charge in [0.25, 0.3) is 0 Å². The number of nitrogens with zero attached hydrogens (tertiary/aromatic N) is 4. The summed E-state index contributed by atoms with van der Waals surface area (Å²) in [5.74, 6) is 0.0431. The Balaban J connectivity index is 1.78. The molecule has 0 spiro atoms. The maximum Gasteiger partial charge on any atom is 0.217 e. The SMILES string of the molecule is C=Cc1nn(C2CCCCO2)c2ccc(-c3cnn(CCO)c3O)cc12. The van der Waals surface area contributed by atoms with E-state index in [-0.39, 0.29) is 25.3 Å². The van der Waals surface area contributed by atoms with Gasteiger partial charge in [-0.1, -0.05) is 12.6 Å². The van der Waals surface area contributed by atoms with Gasteiger partial charge < -0.3 is 14.9 Å². The molecule has 1 saturated heterocycles. The van der Waals surface area contributed by atoms with Crippen molar-refractivity contribution < 1.29 is 14.9 Å². The summed E-state index contributed by atoms with van der Waals surface area (Å²) in [6.07, 6.45) is 6.46. The van der Waals surface area contributed by atoms with Crippen LogP contribution in [0.25, 0.3) is 28.1 Å².